The van der Waals surface area contributed by atoms with E-state index in [9.17, 15) is 13.2 Å². The highest BCUT2D eigenvalue weighted by molar-refractivity contribution is 7.92. The smallest absolute Gasteiger partial charge is 0.276 e. The Morgan fingerprint density at radius 1 is 1.15 bits per heavy atom. The number of hydrogen-bond donors (Lipinski definition) is 3. The first-order valence-electron chi connectivity index (χ1n) is 8.16. The minimum atomic E-state index is -3.35. The molecule has 0 radical (unpaired) electrons. The SMILES string of the molecule is CCS(=O)(=O)Nc1ccc(NC(=O)c2n[nH]c3ccc(C)cc23)cc1C. The number of sulfonamides is 1. The Labute approximate surface area is 151 Å². The second-order valence-corrected chi connectivity index (χ2v) is 8.12. The number of carbonyl (C=O) groups excluding carboxylic acids is 1. The molecule has 136 valence electrons. The third-order valence-corrected chi connectivity index (χ3v) is 5.35. The highest BCUT2D eigenvalue weighted by Crippen LogP contribution is 2.23. The molecule has 3 rings (SSSR count). The van der Waals surface area contributed by atoms with E-state index in [4.69, 9.17) is 0 Å². The molecular weight excluding hydrogens is 352 g/mol. The fraction of sp³-hybridized carbons (Fsp3) is 0.222. The normalized spacial score (nSPS) is 11.5. The minimum absolute atomic E-state index is 0.00340. The molecule has 2 aromatic carbocycles. The number of nitrogens with one attached hydrogen (secondary N) is 3. The zero-order valence-corrected chi connectivity index (χ0v) is 15.6. The molecule has 0 unspecified atom stereocenters. The van der Waals surface area contributed by atoms with Gasteiger partial charge in [0, 0.05) is 11.1 Å². The summed E-state index contributed by atoms with van der Waals surface area (Å²) < 4.78 is 25.9. The van der Waals surface area contributed by atoms with Crippen LogP contribution in [-0.4, -0.2) is 30.3 Å². The van der Waals surface area contributed by atoms with Gasteiger partial charge in [-0.05, 0) is 56.7 Å². The van der Waals surface area contributed by atoms with Crippen LogP contribution in [-0.2, 0) is 10.0 Å². The van der Waals surface area contributed by atoms with Gasteiger partial charge in [0.2, 0.25) is 10.0 Å². The van der Waals surface area contributed by atoms with Crippen molar-refractivity contribution >= 4 is 38.2 Å². The average molecular weight is 372 g/mol. The number of carbonyl (C=O) groups is 1. The summed E-state index contributed by atoms with van der Waals surface area (Å²) in [6, 6.07) is 10.7. The number of nitrogens with zero attached hydrogens (tertiary/aromatic N) is 1. The minimum Gasteiger partial charge on any atom is -0.321 e. The van der Waals surface area contributed by atoms with Gasteiger partial charge in [-0.15, -0.1) is 0 Å². The van der Waals surface area contributed by atoms with Crippen LogP contribution < -0.4 is 10.0 Å². The van der Waals surface area contributed by atoms with E-state index in [2.05, 4.69) is 20.2 Å². The molecule has 8 heteroatoms. The topological polar surface area (TPSA) is 104 Å². The van der Waals surface area contributed by atoms with Crippen molar-refractivity contribution in [1.82, 2.24) is 10.2 Å². The van der Waals surface area contributed by atoms with Crippen molar-refractivity contribution in [2.75, 3.05) is 15.8 Å². The van der Waals surface area contributed by atoms with Gasteiger partial charge < -0.3 is 5.32 Å². The molecule has 0 saturated heterocycles. The highest BCUT2D eigenvalue weighted by Gasteiger charge is 2.15. The summed E-state index contributed by atoms with van der Waals surface area (Å²) in [4.78, 5) is 12.6. The Morgan fingerprint density at radius 3 is 2.62 bits per heavy atom. The van der Waals surface area contributed by atoms with Crippen LogP contribution in [0.5, 0.6) is 0 Å². The molecule has 0 aliphatic heterocycles. The second kappa shape index (κ2) is 6.80. The third kappa shape index (κ3) is 3.70. The first-order valence-corrected chi connectivity index (χ1v) is 9.81. The number of hydrogen-bond acceptors (Lipinski definition) is 4. The lowest BCUT2D eigenvalue weighted by atomic mass is 10.1. The van der Waals surface area contributed by atoms with Crippen LogP contribution in [0.1, 0.15) is 28.5 Å². The maximum absolute atomic E-state index is 12.6. The lowest BCUT2D eigenvalue weighted by molar-refractivity contribution is 0.102. The van der Waals surface area contributed by atoms with E-state index in [0.29, 0.717) is 22.6 Å². The van der Waals surface area contributed by atoms with Crippen molar-refractivity contribution in [1.29, 1.82) is 0 Å². The van der Waals surface area contributed by atoms with E-state index in [0.717, 1.165) is 16.5 Å². The Kier molecular flexibility index (Phi) is 4.69. The van der Waals surface area contributed by atoms with Gasteiger partial charge in [-0.1, -0.05) is 11.6 Å². The van der Waals surface area contributed by atoms with Gasteiger partial charge in [0.05, 0.1) is 17.0 Å². The van der Waals surface area contributed by atoms with Crippen LogP contribution in [0.4, 0.5) is 11.4 Å². The first kappa shape index (κ1) is 17.9. The standard InChI is InChI=1S/C18H20N4O3S/c1-4-26(24,25)22-15-8-6-13(10-12(15)3)19-18(23)17-14-9-11(2)5-7-16(14)20-21-17/h5-10,22H,4H2,1-3H3,(H,19,23)(H,20,21). The predicted octanol–water partition coefficient (Wildman–Crippen LogP) is 3.19. The van der Waals surface area contributed by atoms with Gasteiger partial charge in [0.1, 0.15) is 0 Å². The van der Waals surface area contributed by atoms with E-state index in [1.165, 1.54) is 0 Å². The number of amides is 1. The molecule has 0 bridgehead atoms. The number of benzene rings is 2. The summed E-state index contributed by atoms with van der Waals surface area (Å²) in [6.45, 7) is 5.30. The highest BCUT2D eigenvalue weighted by atomic mass is 32.2. The molecule has 0 fully saturated rings. The lowest BCUT2D eigenvalue weighted by Crippen LogP contribution is -2.16. The maximum atomic E-state index is 12.6. The molecule has 1 aromatic heterocycles. The van der Waals surface area contributed by atoms with Crippen molar-refractivity contribution in [3.8, 4) is 0 Å². The van der Waals surface area contributed by atoms with Crippen LogP contribution in [0, 0.1) is 13.8 Å². The summed E-state index contributed by atoms with van der Waals surface area (Å²) in [6.07, 6.45) is 0. The van der Waals surface area contributed by atoms with E-state index >= 15 is 0 Å². The molecular formula is C18H20N4O3S. The number of aryl methyl sites for hydroxylation is 2. The van der Waals surface area contributed by atoms with Crippen LogP contribution >= 0.6 is 0 Å². The van der Waals surface area contributed by atoms with E-state index in [1.54, 1.807) is 32.0 Å². The summed E-state index contributed by atoms with van der Waals surface area (Å²) >= 11 is 0. The monoisotopic (exact) mass is 372 g/mol. The zero-order chi connectivity index (χ0) is 18.9. The maximum Gasteiger partial charge on any atom is 0.276 e. The molecule has 1 amide bonds. The van der Waals surface area contributed by atoms with Crippen molar-refractivity contribution < 1.29 is 13.2 Å². The number of fused-ring (bicyclic) bond motifs is 1. The van der Waals surface area contributed by atoms with Crippen molar-refractivity contribution in [3.05, 3.63) is 53.2 Å². The molecule has 7 nitrogen and oxygen atoms in total. The van der Waals surface area contributed by atoms with Crippen LogP contribution in [0.2, 0.25) is 0 Å². The molecule has 0 spiro atoms. The number of H-pyrrole nitrogens is 1. The van der Waals surface area contributed by atoms with Crippen LogP contribution in [0.3, 0.4) is 0 Å². The molecule has 3 N–H and O–H groups in total. The van der Waals surface area contributed by atoms with Gasteiger partial charge in [-0.3, -0.25) is 14.6 Å². The van der Waals surface area contributed by atoms with Crippen molar-refractivity contribution in [2.24, 2.45) is 0 Å². The molecule has 3 aromatic rings. The predicted molar refractivity (Wildman–Crippen MR) is 103 cm³/mol. The number of anilines is 2. The van der Waals surface area contributed by atoms with Crippen LogP contribution in [0.25, 0.3) is 10.9 Å². The Hall–Kier alpha value is -2.87. The van der Waals surface area contributed by atoms with Crippen LogP contribution in [0.15, 0.2) is 36.4 Å². The summed E-state index contributed by atoms with van der Waals surface area (Å²) in [5.74, 6) is -0.334. The first-order chi connectivity index (χ1) is 12.3. The molecule has 0 aliphatic carbocycles. The lowest BCUT2D eigenvalue weighted by Gasteiger charge is -2.11. The third-order valence-electron chi connectivity index (χ3n) is 4.06. The Bertz CT molecular complexity index is 1090. The van der Waals surface area contributed by atoms with Gasteiger partial charge in [0.25, 0.3) is 5.91 Å². The molecule has 0 atom stereocenters. The fourth-order valence-electron chi connectivity index (χ4n) is 2.59. The molecule has 0 saturated carbocycles. The fourth-order valence-corrected chi connectivity index (χ4v) is 3.30. The van der Waals surface area contributed by atoms with Gasteiger partial charge in [-0.25, -0.2) is 8.42 Å². The number of aromatic nitrogens is 2. The van der Waals surface area contributed by atoms with E-state index < -0.39 is 10.0 Å². The molecule has 26 heavy (non-hydrogen) atoms. The average Bonchev–Trinajstić information content (AvgIpc) is 3.00. The second-order valence-electron chi connectivity index (χ2n) is 6.11. The van der Waals surface area contributed by atoms with Crippen molar-refractivity contribution in [2.45, 2.75) is 20.8 Å². The largest absolute Gasteiger partial charge is 0.321 e. The Balaban J connectivity index is 1.83. The summed E-state index contributed by atoms with van der Waals surface area (Å²) in [5.41, 5.74) is 3.92. The Morgan fingerprint density at radius 2 is 1.92 bits per heavy atom. The molecule has 1 heterocycles. The quantitative estimate of drug-likeness (QED) is 0.640. The van der Waals surface area contributed by atoms with E-state index in [1.807, 2.05) is 25.1 Å². The number of aromatic amines is 1. The van der Waals surface area contributed by atoms with Crippen molar-refractivity contribution in [3.63, 3.8) is 0 Å². The summed E-state index contributed by atoms with van der Waals surface area (Å²) in [7, 11) is -3.35. The van der Waals surface area contributed by atoms with Gasteiger partial charge in [0.15, 0.2) is 5.69 Å². The molecule has 0 aliphatic rings. The van der Waals surface area contributed by atoms with E-state index in [-0.39, 0.29) is 11.7 Å². The van der Waals surface area contributed by atoms with Gasteiger partial charge in [-0.2, -0.15) is 5.10 Å². The number of rotatable bonds is 5. The zero-order valence-electron chi connectivity index (χ0n) is 14.8. The summed E-state index contributed by atoms with van der Waals surface area (Å²) in [5, 5.41) is 10.5. The van der Waals surface area contributed by atoms with Gasteiger partial charge >= 0.3 is 0 Å².